The van der Waals surface area contributed by atoms with Crippen LogP contribution in [0, 0.1) is 17.2 Å². The summed E-state index contributed by atoms with van der Waals surface area (Å²) in [6, 6.07) is 9.57. The van der Waals surface area contributed by atoms with Gasteiger partial charge in [-0.25, -0.2) is 4.98 Å². The molecule has 1 aliphatic rings. The molecule has 178 valence electrons. The van der Waals surface area contributed by atoms with Crippen LogP contribution in [0.4, 0.5) is 0 Å². The van der Waals surface area contributed by atoms with E-state index in [1.165, 1.54) is 11.1 Å². The average molecular weight is 465 g/mol. The normalized spacial score (nSPS) is 15.0. The largest absolute Gasteiger partial charge is 0.373 e. The Labute approximate surface area is 207 Å². The first-order chi connectivity index (χ1) is 16.9. The first-order valence-electron chi connectivity index (χ1n) is 11.9. The molecule has 0 radical (unpaired) electrons. The Morgan fingerprint density at radius 1 is 1.20 bits per heavy atom. The molecule has 0 N–H and O–H groups in total. The van der Waals surface area contributed by atoms with Gasteiger partial charge < -0.3 is 9.30 Å². The Balaban J connectivity index is 1.41. The Kier molecular flexibility index (Phi) is 7.28. The molecule has 4 rings (SSSR count). The molecule has 0 amide bonds. The van der Waals surface area contributed by atoms with E-state index in [0.29, 0.717) is 11.5 Å². The average Bonchev–Trinajstić information content (AvgIpc) is 3.31. The van der Waals surface area contributed by atoms with Crippen molar-refractivity contribution in [2.75, 3.05) is 33.2 Å². The highest BCUT2D eigenvalue weighted by molar-refractivity contribution is 5.64. The van der Waals surface area contributed by atoms with Crippen molar-refractivity contribution in [1.29, 1.82) is 5.26 Å². The summed E-state index contributed by atoms with van der Waals surface area (Å²) in [6.07, 6.45) is 10.7. The summed E-state index contributed by atoms with van der Waals surface area (Å²) in [7, 11) is 2.07. The summed E-state index contributed by atoms with van der Waals surface area (Å²) in [5.74, 6) is 0.467. The van der Waals surface area contributed by atoms with E-state index in [2.05, 4.69) is 54.6 Å². The van der Waals surface area contributed by atoms with Crippen molar-refractivity contribution in [1.82, 2.24) is 24.2 Å². The van der Waals surface area contributed by atoms with E-state index in [1.54, 1.807) is 18.3 Å². The predicted octanol–water partition coefficient (Wildman–Crippen LogP) is 5.18. The predicted molar refractivity (Wildman–Crippen MR) is 142 cm³/mol. The van der Waals surface area contributed by atoms with Crippen molar-refractivity contribution in [3.8, 4) is 17.3 Å². The summed E-state index contributed by atoms with van der Waals surface area (Å²) < 4.78 is 1.98. The van der Waals surface area contributed by atoms with Gasteiger partial charge in [-0.15, -0.1) is 0 Å². The zero-order valence-corrected chi connectivity index (χ0v) is 20.6. The highest BCUT2D eigenvalue weighted by atomic mass is 15.2. The van der Waals surface area contributed by atoms with Crippen molar-refractivity contribution < 1.29 is 0 Å². The third kappa shape index (κ3) is 5.42. The Morgan fingerprint density at radius 3 is 2.63 bits per heavy atom. The van der Waals surface area contributed by atoms with E-state index in [1.807, 2.05) is 41.1 Å². The van der Waals surface area contributed by atoms with Gasteiger partial charge in [0.2, 0.25) is 0 Å². The Hall–Kier alpha value is -3.95. The molecule has 3 aromatic rings. The maximum absolute atomic E-state index is 9.02. The zero-order chi connectivity index (χ0) is 24.9. The highest BCUT2D eigenvalue weighted by Crippen LogP contribution is 2.23. The van der Waals surface area contributed by atoms with Crippen molar-refractivity contribution >= 4 is 11.3 Å². The van der Waals surface area contributed by atoms with E-state index < -0.39 is 0 Å². The minimum atomic E-state index is 0.467. The van der Waals surface area contributed by atoms with Gasteiger partial charge in [-0.1, -0.05) is 50.9 Å². The van der Waals surface area contributed by atoms with Gasteiger partial charge in [-0.2, -0.15) is 5.26 Å². The van der Waals surface area contributed by atoms with Crippen LogP contribution in [0.3, 0.4) is 0 Å². The molecule has 2 aromatic heterocycles. The first kappa shape index (κ1) is 24.2. The molecular weight excluding hydrogens is 432 g/mol. The number of allylic oxidation sites excluding steroid dienone is 1. The van der Waals surface area contributed by atoms with Crippen LogP contribution in [0.5, 0.6) is 0 Å². The van der Waals surface area contributed by atoms with Gasteiger partial charge in [0.1, 0.15) is 5.69 Å². The van der Waals surface area contributed by atoms with Crippen molar-refractivity contribution in [2.24, 2.45) is 5.92 Å². The molecule has 0 saturated heterocycles. The van der Waals surface area contributed by atoms with Crippen molar-refractivity contribution in [3.05, 3.63) is 97.1 Å². The topological polar surface area (TPSA) is 60.5 Å². The minimum absolute atomic E-state index is 0.467. The lowest BCUT2D eigenvalue weighted by Crippen LogP contribution is -2.37. The number of benzene rings is 1. The molecule has 1 aliphatic heterocycles. The lowest BCUT2D eigenvalue weighted by molar-refractivity contribution is 0.230. The van der Waals surface area contributed by atoms with Crippen LogP contribution >= 0.6 is 0 Å². The van der Waals surface area contributed by atoms with Crippen molar-refractivity contribution in [3.63, 3.8) is 0 Å². The van der Waals surface area contributed by atoms with Crippen LogP contribution in [0.15, 0.2) is 85.9 Å². The number of fused-ring (bicyclic) bond motifs is 1. The Morgan fingerprint density at radius 2 is 1.94 bits per heavy atom. The lowest BCUT2D eigenvalue weighted by atomic mass is 9.99. The summed E-state index contributed by atoms with van der Waals surface area (Å²) in [6.45, 7) is 18.4. The summed E-state index contributed by atoms with van der Waals surface area (Å²) >= 11 is 0. The van der Waals surface area contributed by atoms with Crippen LogP contribution in [0.25, 0.3) is 22.6 Å². The third-order valence-electron chi connectivity index (χ3n) is 6.56. The molecule has 6 heteroatoms. The number of rotatable bonds is 9. The fraction of sp³-hybridized carbons (Fsp3) is 0.276. The van der Waals surface area contributed by atoms with Crippen LogP contribution in [0.1, 0.15) is 24.6 Å². The fourth-order valence-corrected chi connectivity index (χ4v) is 4.62. The van der Waals surface area contributed by atoms with Crippen LogP contribution < -0.4 is 0 Å². The quantitative estimate of drug-likeness (QED) is 0.437. The van der Waals surface area contributed by atoms with E-state index in [0.717, 1.165) is 60.9 Å². The van der Waals surface area contributed by atoms with Crippen LogP contribution in [0.2, 0.25) is 0 Å². The molecule has 0 fully saturated rings. The summed E-state index contributed by atoms with van der Waals surface area (Å²) in [4.78, 5) is 14.0. The second kappa shape index (κ2) is 10.5. The maximum atomic E-state index is 9.02. The second-order valence-electron chi connectivity index (χ2n) is 9.23. The molecule has 1 atom stereocenters. The SMILES string of the molecule is C=CC1=C(C=C)CN(CC(C)CN(C)C(=C)c2cn3cc(-c4ccc(C#N)cc4)ncc3n2)CC1. The van der Waals surface area contributed by atoms with Gasteiger partial charge in [-0.3, -0.25) is 9.88 Å². The van der Waals surface area contributed by atoms with E-state index in [9.17, 15) is 0 Å². The maximum Gasteiger partial charge on any atom is 0.156 e. The van der Waals surface area contributed by atoms with Gasteiger partial charge in [0, 0.05) is 51.2 Å². The molecule has 0 bridgehead atoms. The van der Waals surface area contributed by atoms with E-state index in [4.69, 9.17) is 10.2 Å². The number of hydrogen-bond acceptors (Lipinski definition) is 5. The van der Waals surface area contributed by atoms with Gasteiger partial charge in [0.05, 0.1) is 29.2 Å². The molecule has 3 heterocycles. The van der Waals surface area contributed by atoms with Gasteiger partial charge in [0.25, 0.3) is 0 Å². The Bertz CT molecular complexity index is 1320. The monoisotopic (exact) mass is 464 g/mol. The molecule has 0 aliphatic carbocycles. The summed E-state index contributed by atoms with van der Waals surface area (Å²) in [5.41, 5.74) is 7.52. The first-order valence-corrected chi connectivity index (χ1v) is 11.9. The minimum Gasteiger partial charge on any atom is -0.373 e. The molecule has 0 saturated carbocycles. The molecule has 1 aromatic carbocycles. The number of hydrogen-bond donors (Lipinski definition) is 0. The number of nitrogens with zero attached hydrogens (tertiary/aromatic N) is 6. The van der Waals surface area contributed by atoms with Gasteiger partial charge in [-0.05, 0) is 35.6 Å². The lowest BCUT2D eigenvalue weighted by Gasteiger charge is -2.32. The van der Waals surface area contributed by atoms with E-state index in [-0.39, 0.29) is 0 Å². The van der Waals surface area contributed by atoms with Crippen LogP contribution in [-0.2, 0) is 0 Å². The third-order valence-corrected chi connectivity index (χ3v) is 6.56. The molecule has 35 heavy (non-hydrogen) atoms. The van der Waals surface area contributed by atoms with E-state index >= 15 is 0 Å². The van der Waals surface area contributed by atoms with Crippen molar-refractivity contribution in [2.45, 2.75) is 13.3 Å². The molecule has 6 nitrogen and oxygen atoms in total. The van der Waals surface area contributed by atoms with Gasteiger partial charge >= 0.3 is 0 Å². The zero-order valence-electron chi connectivity index (χ0n) is 20.6. The number of aromatic nitrogens is 3. The number of imidazole rings is 1. The second-order valence-corrected chi connectivity index (χ2v) is 9.23. The smallest absolute Gasteiger partial charge is 0.156 e. The van der Waals surface area contributed by atoms with Gasteiger partial charge in [0.15, 0.2) is 5.65 Å². The number of nitriles is 1. The molecular formula is C29H32N6. The summed E-state index contributed by atoms with van der Waals surface area (Å²) in [5, 5.41) is 9.02. The van der Waals surface area contributed by atoms with Crippen LogP contribution in [-0.4, -0.2) is 57.4 Å². The fourth-order valence-electron chi connectivity index (χ4n) is 4.62. The highest BCUT2D eigenvalue weighted by Gasteiger charge is 2.19. The molecule has 1 unspecified atom stereocenters. The molecule has 0 spiro atoms. The standard InChI is InChI=1S/C29H32N6/c1-6-24-12-13-34(18-25(24)7-2)17-21(3)16-33(5)22(4)27-19-35-20-28(31-15-29(35)32-27)26-10-8-23(14-30)9-11-26/h6-11,15,19-21H,1-2,4,12-13,16-18H2,3,5H3.